The Morgan fingerprint density at radius 3 is 3.06 bits per heavy atom. The number of aromatic nitrogens is 4. The average Bonchev–Trinajstić information content (AvgIpc) is 2.88. The highest BCUT2D eigenvalue weighted by molar-refractivity contribution is 4.90. The molecule has 0 saturated carbocycles. The zero-order valence-corrected chi connectivity index (χ0v) is 10.1. The van der Waals surface area contributed by atoms with Gasteiger partial charge in [0.05, 0.1) is 18.7 Å². The lowest BCUT2D eigenvalue weighted by Crippen LogP contribution is -2.23. The zero-order chi connectivity index (χ0) is 11.5. The van der Waals surface area contributed by atoms with E-state index < -0.39 is 0 Å². The van der Waals surface area contributed by atoms with Crippen LogP contribution < -0.4 is 5.32 Å². The van der Waals surface area contributed by atoms with E-state index in [2.05, 4.69) is 34.7 Å². The maximum absolute atomic E-state index is 5.54. The maximum atomic E-state index is 5.54. The molecule has 1 N–H and O–H groups in total. The third-order valence-electron chi connectivity index (χ3n) is 3.32. The van der Waals surface area contributed by atoms with E-state index in [1.807, 2.05) is 11.7 Å². The number of nitrogens with one attached hydrogen (secondary N) is 1. The van der Waals surface area contributed by atoms with Gasteiger partial charge in [0.2, 0.25) is 0 Å². The van der Waals surface area contributed by atoms with Gasteiger partial charge in [0.1, 0.15) is 0 Å². The van der Waals surface area contributed by atoms with Gasteiger partial charge in [-0.2, -0.15) is 0 Å². The molecule has 0 amide bonds. The van der Waals surface area contributed by atoms with Gasteiger partial charge < -0.3 is 10.1 Å². The molecule has 6 heteroatoms. The molecule has 3 unspecified atom stereocenters. The van der Waals surface area contributed by atoms with Gasteiger partial charge in [-0.3, -0.25) is 0 Å². The van der Waals surface area contributed by atoms with E-state index in [-0.39, 0.29) is 6.04 Å². The molecule has 0 spiro atoms. The minimum absolute atomic E-state index is 0.174. The van der Waals surface area contributed by atoms with Crippen LogP contribution >= 0.6 is 0 Å². The Balaban J connectivity index is 2.06. The zero-order valence-electron chi connectivity index (χ0n) is 10.1. The summed E-state index contributed by atoms with van der Waals surface area (Å²) in [6.07, 6.45) is 1.40. The van der Waals surface area contributed by atoms with Gasteiger partial charge in [0.15, 0.2) is 5.82 Å². The highest BCUT2D eigenvalue weighted by Gasteiger charge is 2.26. The maximum Gasteiger partial charge on any atom is 0.167 e. The van der Waals surface area contributed by atoms with Crippen LogP contribution in [0.1, 0.15) is 32.1 Å². The lowest BCUT2D eigenvalue weighted by atomic mass is 10.0. The molecule has 1 aromatic rings. The fourth-order valence-corrected chi connectivity index (χ4v) is 2.02. The minimum atomic E-state index is 0.174. The summed E-state index contributed by atoms with van der Waals surface area (Å²) in [7, 11) is 1.91. The normalized spacial score (nSPS) is 27.2. The van der Waals surface area contributed by atoms with E-state index in [0.29, 0.717) is 12.0 Å². The molecular formula is C10H19N5O. The molecule has 1 aliphatic heterocycles. The quantitative estimate of drug-likeness (QED) is 0.802. The van der Waals surface area contributed by atoms with Crippen molar-refractivity contribution in [2.75, 3.05) is 13.7 Å². The fourth-order valence-electron chi connectivity index (χ4n) is 2.02. The van der Waals surface area contributed by atoms with Gasteiger partial charge in [0.25, 0.3) is 0 Å². The van der Waals surface area contributed by atoms with Crippen molar-refractivity contribution in [1.82, 2.24) is 25.5 Å². The molecule has 16 heavy (non-hydrogen) atoms. The molecule has 0 bridgehead atoms. The largest absolute Gasteiger partial charge is 0.378 e. The lowest BCUT2D eigenvalue weighted by molar-refractivity contribution is 0.100. The number of nitrogens with zero attached hydrogens (tertiary/aromatic N) is 4. The summed E-state index contributed by atoms with van der Waals surface area (Å²) in [5, 5.41) is 15.0. The molecule has 90 valence electrons. The van der Waals surface area contributed by atoms with Crippen LogP contribution in [0.4, 0.5) is 0 Å². The van der Waals surface area contributed by atoms with Crippen molar-refractivity contribution < 1.29 is 4.74 Å². The molecule has 6 nitrogen and oxygen atoms in total. The average molecular weight is 225 g/mol. The second kappa shape index (κ2) is 4.88. The van der Waals surface area contributed by atoms with Gasteiger partial charge in [-0.05, 0) is 37.7 Å². The van der Waals surface area contributed by atoms with Gasteiger partial charge in [-0.1, -0.05) is 0 Å². The van der Waals surface area contributed by atoms with Gasteiger partial charge >= 0.3 is 0 Å². The molecule has 2 heterocycles. The third kappa shape index (κ3) is 2.22. The Labute approximate surface area is 95.4 Å². The lowest BCUT2D eigenvalue weighted by Gasteiger charge is -2.16. The van der Waals surface area contributed by atoms with E-state index in [9.17, 15) is 0 Å². The van der Waals surface area contributed by atoms with Crippen LogP contribution in [0.5, 0.6) is 0 Å². The molecule has 3 atom stereocenters. The summed E-state index contributed by atoms with van der Waals surface area (Å²) in [6, 6.07) is 0.174. The molecule has 1 saturated heterocycles. The van der Waals surface area contributed by atoms with Crippen molar-refractivity contribution in [2.45, 2.75) is 39.0 Å². The van der Waals surface area contributed by atoms with Crippen molar-refractivity contribution in [3.05, 3.63) is 5.82 Å². The number of hydrogen-bond donors (Lipinski definition) is 1. The van der Waals surface area contributed by atoms with E-state index in [1.165, 1.54) is 0 Å². The second-order valence-corrected chi connectivity index (χ2v) is 4.35. The SMILES string of the molecule is CNC(C)c1nnnn1CC1CCOC1C. The van der Waals surface area contributed by atoms with E-state index in [4.69, 9.17) is 4.74 Å². The van der Waals surface area contributed by atoms with Crippen LogP contribution in [0.2, 0.25) is 0 Å². The van der Waals surface area contributed by atoms with Crippen LogP contribution in [0, 0.1) is 5.92 Å². The van der Waals surface area contributed by atoms with Crippen molar-refractivity contribution in [3.63, 3.8) is 0 Å². The van der Waals surface area contributed by atoms with Gasteiger partial charge in [0, 0.05) is 12.5 Å². The number of hydrogen-bond acceptors (Lipinski definition) is 5. The first-order valence-corrected chi connectivity index (χ1v) is 5.77. The van der Waals surface area contributed by atoms with Crippen LogP contribution in [-0.2, 0) is 11.3 Å². The summed E-state index contributed by atoms with van der Waals surface area (Å²) in [6.45, 7) is 5.86. The van der Waals surface area contributed by atoms with Crippen molar-refractivity contribution >= 4 is 0 Å². The molecule has 1 aliphatic rings. The summed E-state index contributed by atoms with van der Waals surface area (Å²) in [5.74, 6) is 1.41. The highest BCUT2D eigenvalue weighted by atomic mass is 16.5. The summed E-state index contributed by atoms with van der Waals surface area (Å²) >= 11 is 0. The van der Waals surface area contributed by atoms with Crippen LogP contribution in [0.15, 0.2) is 0 Å². The standard InChI is InChI=1S/C10H19N5O/c1-7(11-3)10-12-13-14-15(10)6-9-4-5-16-8(9)2/h7-9,11H,4-6H2,1-3H3. The monoisotopic (exact) mass is 225 g/mol. The Hall–Kier alpha value is -1.01. The number of ether oxygens (including phenoxy) is 1. The van der Waals surface area contributed by atoms with Crippen molar-refractivity contribution in [3.8, 4) is 0 Å². The summed E-state index contributed by atoms with van der Waals surface area (Å²) < 4.78 is 7.43. The topological polar surface area (TPSA) is 64.9 Å². The van der Waals surface area contributed by atoms with Gasteiger partial charge in [-0.15, -0.1) is 5.10 Å². The Bertz CT molecular complexity index is 340. The molecule has 1 aromatic heterocycles. The van der Waals surface area contributed by atoms with Crippen LogP contribution in [0.25, 0.3) is 0 Å². The predicted octanol–water partition coefficient (Wildman–Crippen LogP) is 0.378. The van der Waals surface area contributed by atoms with Crippen LogP contribution in [0.3, 0.4) is 0 Å². The second-order valence-electron chi connectivity index (χ2n) is 4.35. The molecular weight excluding hydrogens is 206 g/mol. The molecule has 0 aromatic carbocycles. The minimum Gasteiger partial charge on any atom is -0.378 e. The Kier molecular flexibility index (Phi) is 3.50. The molecule has 0 radical (unpaired) electrons. The third-order valence-corrected chi connectivity index (χ3v) is 3.32. The van der Waals surface area contributed by atoms with Gasteiger partial charge in [-0.25, -0.2) is 4.68 Å². The fraction of sp³-hybridized carbons (Fsp3) is 0.900. The number of rotatable bonds is 4. The van der Waals surface area contributed by atoms with Crippen LogP contribution in [-0.4, -0.2) is 40.0 Å². The first kappa shape index (κ1) is 11.5. The van der Waals surface area contributed by atoms with E-state index >= 15 is 0 Å². The number of tetrazole rings is 1. The molecule has 1 fully saturated rings. The van der Waals surface area contributed by atoms with Crippen molar-refractivity contribution in [1.29, 1.82) is 0 Å². The van der Waals surface area contributed by atoms with E-state index in [0.717, 1.165) is 25.4 Å². The smallest absolute Gasteiger partial charge is 0.167 e. The molecule has 2 rings (SSSR count). The van der Waals surface area contributed by atoms with E-state index in [1.54, 1.807) is 0 Å². The summed E-state index contributed by atoms with van der Waals surface area (Å²) in [5.41, 5.74) is 0. The first-order valence-electron chi connectivity index (χ1n) is 5.77. The molecule has 0 aliphatic carbocycles. The summed E-state index contributed by atoms with van der Waals surface area (Å²) in [4.78, 5) is 0. The highest BCUT2D eigenvalue weighted by Crippen LogP contribution is 2.22. The Morgan fingerprint density at radius 2 is 2.44 bits per heavy atom. The Morgan fingerprint density at radius 1 is 1.62 bits per heavy atom. The predicted molar refractivity (Wildman–Crippen MR) is 58.8 cm³/mol. The van der Waals surface area contributed by atoms with Crippen molar-refractivity contribution in [2.24, 2.45) is 5.92 Å². The first-order chi connectivity index (χ1) is 7.72.